The Morgan fingerprint density at radius 2 is 2.11 bits per heavy atom. The van der Waals surface area contributed by atoms with Gasteiger partial charge in [0.2, 0.25) is 0 Å². The maximum Gasteiger partial charge on any atom is 0.0733 e. The Balaban J connectivity index is 2.30. The molecular formula is C16H26N2O. The summed E-state index contributed by atoms with van der Waals surface area (Å²) >= 11 is 0. The molecule has 1 aliphatic heterocycles. The van der Waals surface area contributed by atoms with E-state index >= 15 is 0 Å². The van der Waals surface area contributed by atoms with Gasteiger partial charge in [-0.25, -0.2) is 0 Å². The van der Waals surface area contributed by atoms with Gasteiger partial charge in [0.25, 0.3) is 0 Å². The van der Waals surface area contributed by atoms with Crippen LogP contribution in [0.2, 0.25) is 0 Å². The Hall–Kier alpha value is -1.06. The molecule has 0 spiro atoms. The normalized spacial score (nSPS) is 23.9. The first-order chi connectivity index (χ1) is 9.13. The average molecular weight is 262 g/mol. The number of rotatable bonds is 4. The number of hydrogen-bond donors (Lipinski definition) is 1. The molecule has 2 unspecified atom stereocenters. The molecule has 1 fully saturated rings. The second-order valence-electron chi connectivity index (χ2n) is 5.83. The van der Waals surface area contributed by atoms with Crippen LogP contribution in [0.1, 0.15) is 26.3 Å². The molecule has 19 heavy (non-hydrogen) atoms. The van der Waals surface area contributed by atoms with Crippen LogP contribution in [0.5, 0.6) is 0 Å². The van der Waals surface area contributed by atoms with Crippen molar-refractivity contribution < 1.29 is 4.74 Å². The monoisotopic (exact) mass is 262 g/mol. The van der Waals surface area contributed by atoms with Crippen LogP contribution < -0.4 is 10.2 Å². The summed E-state index contributed by atoms with van der Waals surface area (Å²) in [6.45, 7) is 9.65. The second kappa shape index (κ2) is 6.40. The summed E-state index contributed by atoms with van der Waals surface area (Å²) in [6.07, 6.45) is 0. The minimum absolute atomic E-state index is 0.533. The number of benzene rings is 1. The highest BCUT2D eigenvalue weighted by molar-refractivity contribution is 5.55. The lowest BCUT2D eigenvalue weighted by atomic mass is 9.97. The van der Waals surface area contributed by atoms with Gasteiger partial charge in [-0.3, -0.25) is 0 Å². The van der Waals surface area contributed by atoms with E-state index < -0.39 is 0 Å². The van der Waals surface area contributed by atoms with Gasteiger partial charge in [0.05, 0.1) is 6.61 Å². The van der Waals surface area contributed by atoms with Crippen LogP contribution in [0.4, 0.5) is 5.69 Å². The molecule has 1 aromatic carbocycles. The number of methoxy groups -OCH3 is 1. The van der Waals surface area contributed by atoms with E-state index in [-0.39, 0.29) is 0 Å². The lowest BCUT2D eigenvalue weighted by Gasteiger charge is -2.43. The van der Waals surface area contributed by atoms with Crippen LogP contribution in [-0.4, -0.2) is 32.3 Å². The first kappa shape index (κ1) is 14.4. The Bertz CT molecular complexity index is 405. The van der Waals surface area contributed by atoms with Gasteiger partial charge in [0.1, 0.15) is 0 Å². The zero-order chi connectivity index (χ0) is 13.8. The molecule has 2 rings (SSSR count). The van der Waals surface area contributed by atoms with E-state index in [0.29, 0.717) is 24.6 Å². The third-order valence-corrected chi connectivity index (χ3v) is 3.92. The van der Waals surface area contributed by atoms with E-state index in [4.69, 9.17) is 4.74 Å². The highest BCUT2D eigenvalue weighted by Crippen LogP contribution is 2.27. The Kier molecular flexibility index (Phi) is 4.83. The van der Waals surface area contributed by atoms with Gasteiger partial charge in [0.15, 0.2) is 0 Å². The third-order valence-electron chi connectivity index (χ3n) is 3.92. The molecule has 2 atom stereocenters. The summed E-state index contributed by atoms with van der Waals surface area (Å²) < 4.78 is 5.34. The van der Waals surface area contributed by atoms with E-state index in [9.17, 15) is 0 Å². The number of ether oxygens (including phenoxy) is 1. The Morgan fingerprint density at radius 3 is 2.79 bits per heavy atom. The molecule has 1 N–H and O–H groups in total. The lowest BCUT2D eigenvalue weighted by molar-refractivity contribution is 0.184. The highest BCUT2D eigenvalue weighted by atomic mass is 16.5. The SMILES string of the molecule is COCc1ccccc1N1CC(C)NCC1C(C)C. The van der Waals surface area contributed by atoms with Crippen LogP contribution in [0.15, 0.2) is 24.3 Å². The first-order valence-corrected chi connectivity index (χ1v) is 7.20. The third kappa shape index (κ3) is 3.28. The quantitative estimate of drug-likeness (QED) is 0.903. The number of nitrogens with one attached hydrogen (secondary N) is 1. The van der Waals surface area contributed by atoms with Gasteiger partial charge in [-0.05, 0) is 18.9 Å². The van der Waals surface area contributed by atoms with Crippen LogP contribution in [0.3, 0.4) is 0 Å². The molecule has 0 saturated carbocycles. The maximum absolute atomic E-state index is 5.34. The van der Waals surface area contributed by atoms with Crippen molar-refractivity contribution in [2.75, 3.05) is 25.1 Å². The fourth-order valence-corrected chi connectivity index (χ4v) is 2.87. The first-order valence-electron chi connectivity index (χ1n) is 7.20. The molecule has 3 nitrogen and oxygen atoms in total. The molecule has 106 valence electrons. The average Bonchev–Trinajstić information content (AvgIpc) is 2.39. The summed E-state index contributed by atoms with van der Waals surface area (Å²) in [5.74, 6) is 0.635. The molecule has 0 bridgehead atoms. The van der Waals surface area contributed by atoms with Gasteiger partial charge < -0.3 is 15.0 Å². The smallest absolute Gasteiger partial charge is 0.0733 e. The Labute approximate surface area is 116 Å². The predicted octanol–water partition coefficient (Wildman–Crippen LogP) is 2.66. The molecule has 3 heteroatoms. The molecule has 1 aromatic rings. The van der Waals surface area contributed by atoms with Crippen LogP contribution >= 0.6 is 0 Å². The molecule has 0 aromatic heterocycles. The molecule has 1 heterocycles. The van der Waals surface area contributed by atoms with E-state index in [1.165, 1.54) is 11.3 Å². The molecule has 0 radical (unpaired) electrons. The van der Waals surface area contributed by atoms with E-state index in [2.05, 4.69) is 55.3 Å². The van der Waals surface area contributed by atoms with Crippen LogP contribution in [0.25, 0.3) is 0 Å². The lowest BCUT2D eigenvalue weighted by Crippen LogP contribution is -2.57. The number of para-hydroxylation sites is 1. The minimum Gasteiger partial charge on any atom is -0.380 e. The largest absolute Gasteiger partial charge is 0.380 e. The fraction of sp³-hybridized carbons (Fsp3) is 0.625. The molecule has 1 saturated heterocycles. The van der Waals surface area contributed by atoms with Crippen molar-refractivity contribution in [3.63, 3.8) is 0 Å². The van der Waals surface area contributed by atoms with Crippen molar-refractivity contribution >= 4 is 5.69 Å². The van der Waals surface area contributed by atoms with Crippen molar-refractivity contribution in [2.24, 2.45) is 5.92 Å². The summed E-state index contributed by atoms with van der Waals surface area (Å²) in [4.78, 5) is 2.56. The van der Waals surface area contributed by atoms with Crippen molar-refractivity contribution in [3.05, 3.63) is 29.8 Å². The fourth-order valence-electron chi connectivity index (χ4n) is 2.87. The Morgan fingerprint density at radius 1 is 1.37 bits per heavy atom. The van der Waals surface area contributed by atoms with Gasteiger partial charge in [0, 0.05) is 43.5 Å². The van der Waals surface area contributed by atoms with Gasteiger partial charge in [-0.2, -0.15) is 0 Å². The molecule has 0 amide bonds. The number of hydrogen-bond acceptors (Lipinski definition) is 3. The molecule has 0 aliphatic carbocycles. The second-order valence-corrected chi connectivity index (χ2v) is 5.83. The van der Waals surface area contributed by atoms with Crippen molar-refractivity contribution in [1.82, 2.24) is 5.32 Å². The zero-order valence-electron chi connectivity index (χ0n) is 12.5. The van der Waals surface area contributed by atoms with Crippen molar-refractivity contribution in [2.45, 2.75) is 39.5 Å². The zero-order valence-corrected chi connectivity index (χ0v) is 12.5. The summed E-state index contributed by atoms with van der Waals surface area (Å²) in [5.41, 5.74) is 2.61. The summed E-state index contributed by atoms with van der Waals surface area (Å²) in [7, 11) is 1.76. The topological polar surface area (TPSA) is 24.5 Å². The van der Waals surface area contributed by atoms with E-state index in [1.54, 1.807) is 7.11 Å². The molecule has 1 aliphatic rings. The van der Waals surface area contributed by atoms with Crippen molar-refractivity contribution in [1.29, 1.82) is 0 Å². The number of piperazine rings is 1. The van der Waals surface area contributed by atoms with E-state index in [0.717, 1.165) is 13.1 Å². The standard InChI is InChI=1S/C16H26N2O/c1-12(2)16-9-17-13(3)10-18(16)15-8-6-5-7-14(15)11-19-4/h5-8,12-13,16-17H,9-11H2,1-4H3. The van der Waals surface area contributed by atoms with E-state index in [1.807, 2.05) is 0 Å². The number of anilines is 1. The van der Waals surface area contributed by atoms with Gasteiger partial charge in [-0.15, -0.1) is 0 Å². The van der Waals surface area contributed by atoms with Gasteiger partial charge >= 0.3 is 0 Å². The highest BCUT2D eigenvalue weighted by Gasteiger charge is 2.29. The predicted molar refractivity (Wildman–Crippen MR) is 80.6 cm³/mol. The van der Waals surface area contributed by atoms with Crippen LogP contribution in [-0.2, 0) is 11.3 Å². The van der Waals surface area contributed by atoms with Crippen molar-refractivity contribution in [3.8, 4) is 0 Å². The summed E-state index contributed by atoms with van der Waals surface area (Å²) in [5, 5.41) is 3.59. The maximum atomic E-state index is 5.34. The summed E-state index contributed by atoms with van der Waals surface area (Å²) in [6, 6.07) is 9.69. The number of nitrogens with zero attached hydrogens (tertiary/aromatic N) is 1. The van der Waals surface area contributed by atoms with Crippen LogP contribution in [0, 0.1) is 5.92 Å². The molecular weight excluding hydrogens is 236 g/mol. The minimum atomic E-state index is 0.533. The van der Waals surface area contributed by atoms with Gasteiger partial charge in [-0.1, -0.05) is 32.0 Å².